The van der Waals surface area contributed by atoms with Gasteiger partial charge < -0.3 is 10.2 Å². The highest BCUT2D eigenvalue weighted by atomic mass is 15.3. The Morgan fingerprint density at radius 3 is 2.63 bits per heavy atom. The molecule has 0 spiro atoms. The number of nitrogens with one attached hydrogen (secondary N) is 1. The summed E-state index contributed by atoms with van der Waals surface area (Å²) in [5, 5.41) is 3.84. The van der Waals surface area contributed by atoms with E-state index in [-0.39, 0.29) is 0 Å². The monoisotopic (exact) mass is 266 g/mol. The molecule has 19 heavy (non-hydrogen) atoms. The molecule has 3 heterocycles. The molecule has 1 N–H and O–H groups in total. The Kier molecular flexibility index (Phi) is 4.74. The smallest absolute Gasteiger partial charge is 0.0249 e. The molecule has 0 aromatic rings. The molecular weight excluding hydrogens is 236 g/mol. The fraction of sp³-hybridized carbons (Fsp3) is 1.00. The van der Waals surface area contributed by atoms with Crippen LogP contribution in [0.25, 0.3) is 0 Å². The molecule has 2 atom stereocenters. The molecule has 3 aliphatic rings. The zero-order valence-electron chi connectivity index (χ0n) is 12.5. The molecule has 110 valence electrons. The van der Waals surface area contributed by atoms with Gasteiger partial charge in [0.15, 0.2) is 0 Å². The van der Waals surface area contributed by atoms with Gasteiger partial charge in [-0.2, -0.15) is 0 Å². The molecule has 2 unspecified atom stereocenters. The number of fused-ring (bicyclic) bond motifs is 1. The van der Waals surface area contributed by atoms with E-state index in [1.165, 1.54) is 78.0 Å². The Morgan fingerprint density at radius 1 is 0.947 bits per heavy atom. The number of hydrogen-bond acceptors (Lipinski definition) is 4. The molecule has 0 saturated carbocycles. The van der Waals surface area contributed by atoms with E-state index in [4.69, 9.17) is 0 Å². The van der Waals surface area contributed by atoms with E-state index in [0.29, 0.717) is 0 Å². The Balaban J connectivity index is 1.36. The van der Waals surface area contributed by atoms with Gasteiger partial charge in [0, 0.05) is 57.9 Å². The third-order valence-corrected chi connectivity index (χ3v) is 5.29. The maximum Gasteiger partial charge on any atom is 0.0249 e. The predicted molar refractivity (Wildman–Crippen MR) is 79.6 cm³/mol. The second-order valence-corrected chi connectivity index (χ2v) is 6.59. The first-order valence-corrected chi connectivity index (χ1v) is 8.21. The van der Waals surface area contributed by atoms with E-state index in [9.17, 15) is 0 Å². The first-order valence-electron chi connectivity index (χ1n) is 8.21. The largest absolute Gasteiger partial charge is 0.311 e. The molecule has 0 aliphatic carbocycles. The summed E-state index contributed by atoms with van der Waals surface area (Å²) >= 11 is 0. The van der Waals surface area contributed by atoms with E-state index >= 15 is 0 Å². The van der Waals surface area contributed by atoms with Crippen LogP contribution in [0.1, 0.15) is 25.7 Å². The molecule has 0 radical (unpaired) electrons. The fourth-order valence-corrected chi connectivity index (χ4v) is 3.96. The Hall–Kier alpha value is -0.160. The summed E-state index contributed by atoms with van der Waals surface area (Å²) in [6.45, 7) is 10.1. The van der Waals surface area contributed by atoms with Gasteiger partial charge in [0.05, 0.1) is 0 Å². The predicted octanol–water partition coefficient (Wildman–Crippen LogP) is 0.450. The minimum absolute atomic E-state index is 0.771. The van der Waals surface area contributed by atoms with Crippen molar-refractivity contribution < 1.29 is 0 Å². The van der Waals surface area contributed by atoms with Crippen LogP contribution < -0.4 is 5.32 Å². The lowest BCUT2D eigenvalue weighted by Gasteiger charge is -2.34. The van der Waals surface area contributed by atoms with E-state index in [0.717, 1.165) is 12.1 Å². The van der Waals surface area contributed by atoms with Crippen LogP contribution in [0.3, 0.4) is 0 Å². The second-order valence-electron chi connectivity index (χ2n) is 6.59. The maximum absolute atomic E-state index is 3.84. The normalized spacial score (nSPS) is 34.6. The topological polar surface area (TPSA) is 21.8 Å². The molecule has 3 rings (SSSR count). The zero-order valence-corrected chi connectivity index (χ0v) is 12.5. The van der Waals surface area contributed by atoms with E-state index in [1.807, 2.05) is 0 Å². The van der Waals surface area contributed by atoms with E-state index < -0.39 is 0 Å². The highest BCUT2D eigenvalue weighted by Gasteiger charge is 2.34. The van der Waals surface area contributed by atoms with Gasteiger partial charge in [-0.3, -0.25) is 9.80 Å². The SMILES string of the molecule is CN1CCN(CCNC2CCN3CCCCC23)CC1. The average Bonchev–Trinajstić information content (AvgIpc) is 2.85. The lowest BCUT2D eigenvalue weighted by molar-refractivity contribution is 0.149. The number of piperazine rings is 1. The van der Waals surface area contributed by atoms with Gasteiger partial charge in [-0.1, -0.05) is 6.42 Å². The van der Waals surface area contributed by atoms with Crippen molar-refractivity contribution in [3.63, 3.8) is 0 Å². The molecule has 0 aromatic carbocycles. The van der Waals surface area contributed by atoms with Crippen LogP contribution in [-0.2, 0) is 0 Å². The quantitative estimate of drug-likeness (QED) is 0.797. The second kappa shape index (κ2) is 6.53. The van der Waals surface area contributed by atoms with Crippen LogP contribution in [0.15, 0.2) is 0 Å². The summed E-state index contributed by atoms with van der Waals surface area (Å²) in [5.74, 6) is 0. The van der Waals surface area contributed by atoms with Crippen molar-refractivity contribution in [3.05, 3.63) is 0 Å². The summed E-state index contributed by atoms with van der Waals surface area (Å²) in [6.07, 6.45) is 5.65. The summed E-state index contributed by atoms with van der Waals surface area (Å²) < 4.78 is 0. The Morgan fingerprint density at radius 2 is 1.79 bits per heavy atom. The van der Waals surface area contributed by atoms with E-state index in [2.05, 4.69) is 27.1 Å². The number of piperidine rings is 1. The van der Waals surface area contributed by atoms with Crippen molar-refractivity contribution in [2.75, 3.05) is 59.4 Å². The third-order valence-electron chi connectivity index (χ3n) is 5.29. The number of hydrogen-bond donors (Lipinski definition) is 1. The summed E-state index contributed by atoms with van der Waals surface area (Å²) in [4.78, 5) is 7.76. The number of nitrogens with zero attached hydrogens (tertiary/aromatic N) is 3. The number of rotatable bonds is 4. The van der Waals surface area contributed by atoms with Crippen LogP contribution in [0, 0.1) is 0 Å². The molecule has 3 fully saturated rings. The van der Waals surface area contributed by atoms with Crippen LogP contribution in [0.5, 0.6) is 0 Å². The fourth-order valence-electron chi connectivity index (χ4n) is 3.96. The molecule has 4 nitrogen and oxygen atoms in total. The molecule has 0 aromatic heterocycles. The lowest BCUT2D eigenvalue weighted by atomic mass is 9.99. The summed E-state index contributed by atoms with van der Waals surface area (Å²) in [7, 11) is 2.23. The van der Waals surface area contributed by atoms with Gasteiger partial charge in [0.2, 0.25) is 0 Å². The number of likely N-dealkylation sites (N-methyl/N-ethyl adjacent to an activating group) is 1. The van der Waals surface area contributed by atoms with Crippen LogP contribution in [-0.4, -0.2) is 86.2 Å². The first-order chi connectivity index (χ1) is 9.33. The van der Waals surface area contributed by atoms with Crippen molar-refractivity contribution in [3.8, 4) is 0 Å². The highest BCUT2D eigenvalue weighted by Crippen LogP contribution is 2.26. The van der Waals surface area contributed by atoms with Crippen LogP contribution in [0.2, 0.25) is 0 Å². The molecule has 4 heteroatoms. The minimum Gasteiger partial charge on any atom is -0.311 e. The standard InChI is InChI=1S/C15H30N4/c1-17-10-12-18(13-11-17)9-6-16-14-5-8-19-7-3-2-4-15(14)19/h14-16H,2-13H2,1H3. The Labute approximate surface area is 118 Å². The summed E-state index contributed by atoms with van der Waals surface area (Å²) in [6, 6.07) is 1.62. The average molecular weight is 266 g/mol. The van der Waals surface area contributed by atoms with Gasteiger partial charge in [0.1, 0.15) is 0 Å². The van der Waals surface area contributed by atoms with Crippen LogP contribution in [0.4, 0.5) is 0 Å². The van der Waals surface area contributed by atoms with Crippen molar-refractivity contribution in [2.24, 2.45) is 0 Å². The minimum atomic E-state index is 0.771. The molecular formula is C15H30N4. The van der Waals surface area contributed by atoms with Gasteiger partial charge in [-0.15, -0.1) is 0 Å². The van der Waals surface area contributed by atoms with E-state index in [1.54, 1.807) is 0 Å². The Bertz CT molecular complexity index is 275. The highest BCUT2D eigenvalue weighted by molar-refractivity contribution is 4.94. The van der Waals surface area contributed by atoms with Gasteiger partial charge in [0.25, 0.3) is 0 Å². The van der Waals surface area contributed by atoms with Gasteiger partial charge in [-0.25, -0.2) is 0 Å². The first kappa shape index (κ1) is 13.8. The van der Waals surface area contributed by atoms with Crippen molar-refractivity contribution >= 4 is 0 Å². The molecule has 0 bridgehead atoms. The lowest BCUT2D eigenvalue weighted by Crippen LogP contribution is -2.49. The third kappa shape index (κ3) is 3.48. The zero-order chi connectivity index (χ0) is 13.1. The molecule has 3 saturated heterocycles. The van der Waals surface area contributed by atoms with Gasteiger partial charge >= 0.3 is 0 Å². The van der Waals surface area contributed by atoms with Crippen molar-refractivity contribution in [2.45, 2.75) is 37.8 Å². The summed E-state index contributed by atoms with van der Waals surface area (Å²) in [5.41, 5.74) is 0. The maximum atomic E-state index is 3.84. The van der Waals surface area contributed by atoms with Crippen molar-refractivity contribution in [1.29, 1.82) is 0 Å². The van der Waals surface area contributed by atoms with Crippen LogP contribution >= 0.6 is 0 Å². The van der Waals surface area contributed by atoms with Crippen molar-refractivity contribution in [1.82, 2.24) is 20.0 Å². The van der Waals surface area contributed by atoms with Gasteiger partial charge in [-0.05, 0) is 32.9 Å². The molecule has 3 aliphatic heterocycles. The molecule has 0 amide bonds.